The summed E-state index contributed by atoms with van der Waals surface area (Å²) >= 11 is 0. The zero-order chi connectivity index (χ0) is 30.4. The highest BCUT2D eigenvalue weighted by Gasteiger charge is 2.31. The number of halogens is 3. The lowest BCUT2D eigenvalue weighted by Gasteiger charge is -2.36. The third kappa shape index (κ3) is 7.67. The van der Waals surface area contributed by atoms with Crippen LogP contribution in [0.5, 0.6) is 11.5 Å². The van der Waals surface area contributed by atoms with Gasteiger partial charge in [0.05, 0.1) is 19.3 Å². The standard InChI is InChI=1S/C34H34F3N3O3/c1-3-43-32-6-4-5-26(22-32)27-19-24(20-28(21-27)34(35,36)37)23-39-15-17-40(18-16-39)30-11-7-25(8-12-30)33(41)38-29-9-13-31(42-2)14-10-29/h4-14,19-22H,3,15-18,23H2,1-2H3,(H,38,41). The summed E-state index contributed by atoms with van der Waals surface area (Å²) in [5, 5.41) is 2.88. The maximum atomic E-state index is 13.8. The van der Waals surface area contributed by atoms with Crippen molar-refractivity contribution < 1.29 is 27.4 Å². The number of anilines is 2. The molecule has 1 N–H and O–H groups in total. The molecule has 1 fully saturated rings. The Kier molecular flexibility index (Phi) is 9.21. The fraction of sp³-hybridized carbons (Fsp3) is 0.265. The van der Waals surface area contributed by atoms with Gasteiger partial charge in [-0.15, -0.1) is 0 Å². The Labute approximate surface area is 249 Å². The van der Waals surface area contributed by atoms with Crippen LogP contribution in [0.15, 0.2) is 91.0 Å². The molecule has 0 spiro atoms. The first-order valence-electron chi connectivity index (χ1n) is 14.2. The molecule has 0 atom stereocenters. The van der Waals surface area contributed by atoms with Crippen LogP contribution in [-0.2, 0) is 12.7 Å². The molecule has 6 nitrogen and oxygen atoms in total. The maximum Gasteiger partial charge on any atom is 0.416 e. The van der Waals surface area contributed by atoms with E-state index in [0.29, 0.717) is 65.7 Å². The van der Waals surface area contributed by atoms with Crippen molar-refractivity contribution in [3.63, 3.8) is 0 Å². The van der Waals surface area contributed by atoms with Gasteiger partial charge in [0.1, 0.15) is 11.5 Å². The average Bonchev–Trinajstić information content (AvgIpc) is 3.02. The van der Waals surface area contributed by atoms with Crippen molar-refractivity contribution in [1.82, 2.24) is 4.90 Å². The molecule has 4 aromatic carbocycles. The molecule has 0 unspecified atom stereocenters. The number of alkyl halides is 3. The predicted octanol–water partition coefficient (Wildman–Crippen LogP) is 7.35. The molecule has 5 rings (SSSR count). The average molecular weight is 590 g/mol. The fourth-order valence-corrected chi connectivity index (χ4v) is 5.17. The van der Waals surface area contributed by atoms with Gasteiger partial charge in [-0.2, -0.15) is 13.2 Å². The molecule has 0 bridgehead atoms. The van der Waals surface area contributed by atoms with Crippen LogP contribution in [0.3, 0.4) is 0 Å². The molecule has 1 saturated heterocycles. The van der Waals surface area contributed by atoms with Crippen molar-refractivity contribution >= 4 is 17.3 Å². The monoisotopic (exact) mass is 589 g/mol. The van der Waals surface area contributed by atoms with E-state index in [2.05, 4.69) is 15.1 Å². The van der Waals surface area contributed by atoms with Gasteiger partial charge in [0.2, 0.25) is 0 Å². The summed E-state index contributed by atoms with van der Waals surface area (Å²) in [5.74, 6) is 1.14. The quantitative estimate of drug-likeness (QED) is 0.221. The first-order chi connectivity index (χ1) is 20.7. The highest BCUT2D eigenvalue weighted by molar-refractivity contribution is 6.04. The van der Waals surface area contributed by atoms with Crippen LogP contribution >= 0.6 is 0 Å². The number of rotatable bonds is 9. The molecule has 0 saturated carbocycles. The van der Waals surface area contributed by atoms with E-state index < -0.39 is 11.7 Å². The number of carbonyl (C=O) groups excluding carboxylic acids is 1. The van der Waals surface area contributed by atoms with Gasteiger partial charge in [-0.25, -0.2) is 0 Å². The van der Waals surface area contributed by atoms with E-state index in [1.54, 1.807) is 67.8 Å². The van der Waals surface area contributed by atoms with E-state index in [1.807, 2.05) is 25.1 Å². The third-order valence-electron chi connectivity index (χ3n) is 7.42. The Bertz CT molecular complexity index is 1530. The summed E-state index contributed by atoms with van der Waals surface area (Å²) in [6, 6.07) is 26.0. The van der Waals surface area contributed by atoms with Crippen LogP contribution in [0, 0.1) is 0 Å². The number of nitrogens with zero attached hydrogens (tertiary/aromatic N) is 2. The van der Waals surface area contributed by atoms with E-state index >= 15 is 0 Å². The first kappa shape index (κ1) is 30.0. The van der Waals surface area contributed by atoms with Crippen LogP contribution in [0.1, 0.15) is 28.4 Å². The number of ether oxygens (including phenoxy) is 2. The molecule has 1 aliphatic heterocycles. The van der Waals surface area contributed by atoms with E-state index in [-0.39, 0.29) is 5.91 Å². The molecule has 0 radical (unpaired) electrons. The van der Waals surface area contributed by atoms with Gasteiger partial charge < -0.3 is 19.7 Å². The molecule has 224 valence electrons. The van der Waals surface area contributed by atoms with Crippen molar-refractivity contribution in [3.8, 4) is 22.6 Å². The predicted molar refractivity (Wildman–Crippen MR) is 163 cm³/mol. The second-order valence-corrected chi connectivity index (χ2v) is 10.4. The highest BCUT2D eigenvalue weighted by atomic mass is 19.4. The Hall–Kier alpha value is -4.50. The second kappa shape index (κ2) is 13.2. The molecule has 1 aliphatic rings. The maximum absolute atomic E-state index is 13.8. The van der Waals surface area contributed by atoms with Crippen molar-refractivity contribution in [3.05, 3.63) is 108 Å². The summed E-state index contributed by atoms with van der Waals surface area (Å²) in [6.45, 7) is 5.61. The third-order valence-corrected chi connectivity index (χ3v) is 7.42. The van der Waals surface area contributed by atoms with E-state index in [0.717, 1.165) is 18.8 Å². The number of methoxy groups -OCH3 is 1. The van der Waals surface area contributed by atoms with Gasteiger partial charge >= 0.3 is 6.18 Å². The Morgan fingerprint density at radius 3 is 2.21 bits per heavy atom. The van der Waals surface area contributed by atoms with Gasteiger partial charge in [-0.05, 0) is 102 Å². The van der Waals surface area contributed by atoms with E-state index in [1.165, 1.54) is 12.1 Å². The minimum absolute atomic E-state index is 0.202. The second-order valence-electron chi connectivity index (χ2n) is 10.4. The molecule has 43 heavy (non-hydrogen) atoms. The first-order valence-corrected chi connectivity index (χ1v) is 14.2. The minimum Gasteiger partial charge on any atom is -0.497 e. The Morgan fingerprint density at radius 2 is 1.56 bits per heavy atom. The number of amides is 1. The topological polar surface area (TPSA) is 54.0 Å². The van der Waals surface area contributed by atoms with Crippen molar-refractivity contribution in [1.29, 1.82) is 0 Å². The van der Waals surface area contributed by atoms with Gasteiger partial charge in [0.15, 0.2) is 0 Å². The number of hydrogen-bond acceptors (Lipinski definition) is 5. The van der Waals surface area contributed by atoms with E-state index in [9.17, 15) is 18.0 Å². The summed E-state index contributed by atoms with van der Waals surface area (Å²) < 4.78 is 52.2. The summed E-state index contributed by atoms with van der Waals surface area (Å²) in [4.78, 5) is 17.1. The molecule has 1 heterocycles. The van der Waals surface area contributed by atoms with Crippen molar-refractivity contribution in [2.75, 3.05) is 50.1 Å². The van der Waals surface area contributed by atoms with Crippen LogP contribution < -0.4 is 19.7 Å². The minimum atomic E-state index is -4.45. The molecular formula is C34H34F3N3O3. The van der Waals surface area contributed by atoms with Gasteiger partial charge in [0, 0.05) is 49.7 Å². The summed E-state index contributed by atoms with van der Waals surface area (Å²) in [7, 11) is 1.59. The number of nitrogens with one attached hydrogen (secondary N) is 1. The van der Waals surface area contributed by atoms with Gasteiger partial charge in [-0.3, -0.25) is 9.69 Å². The molecule has 0 aromatic heterocycles. The van der Waals surface area contributed by atoms with Crippen LogP contribution in [0.2, 0.25) is 0 Å². The lowest BCUT2D eigenvalue weighted by Crippen LogP contribution is -2.46. The number of piperazine rings is 1. The van der Waals surface area contributed by atoms with E-state index in [4.69, 9.17) is 9.47 Å². The van der Waals surface area contributed by atoms with Crippen LogP contribution in [0.4, 0.5) is 24.5 Å². The zero-order valence-corrected chi connectivity index (χ0v) is 24.2. The zero-order valence-electron chi connectivity index (χ0n) is 24.2. The molecule has 4 aromatic rings. The molecule has 0 aliphatic carbocycles. The SMILES string of the molecule is CCOc1cccc(-c2cc(CN3CCN(c4ccc(C(=O)Nc5ccc(OC)cc5)cc4)CC3)cc(C(F)(F)F)c2)c1. The smallest absolute Gasteiger partial charge is 0.416 e. The number of hydrogen-bond donors (Lipinski definition) is 1. The molecule has 9 heteroatoms. The molecular weight excluding hydrogens is 555 g/mol. The lowest BCUT2D eigenvalue weighted by molar-refractivity contribution is -0.137. The normalized spacial score (nSPS) is 13.9. The van der Waals surface area contributed by atoms with Crippen molar-refractivity contribution in [2.24, 2.45) is 0 Å². The summed E-state index contributed by atoms with van der Waals surface area (Å²) in [6.07, 6.45) is -4.45. The fourth-order valence-electron chi connectivity index (χ4n) is 5.17. The summed E-state index contributed by atoms with van der Waals surface area (Å²) in [5.41, 5.74) is 3.38. The van der Waals surface area contributed by atoms with Crippen molar-refractivity contribution in [2.45, 2.75) is 19.6 Å². The number of benzene rings is 4. The van der Waals surface area contributed by atoms with Crippen LogP contribution in [-0.4, -0.2) is 50.7 Å². The molecule has 1 amide bonds. The Balaban J connectivity index is 1.21. The lowest BCUT2D eigenvalue weighted by atomic mass is 9.98. The van der Waals surface area contributed by atoms with Gasteiger partial charge in [0.25, 0.3) is 5.91 Å². The largest absolute Gasteiger partial charge is 0.497 e. The van der Waals surface area contributed by atoms with Crippen LogP contribution in [0.25, 0.3) is 11.1 Å². The van der Waals surface area contributed by atoms with Gasteiger partial charge in [-0.1, -0.05) is 12.1 Å². The highest BCUT2D eigenvalue weighted by Crippen LogP contribution is 2.35. The Morgan fingerprint density at radius 1 is 0.837 bits per heavy atom. The number of carbonyl (C=O) groups is 1.